The van der Waals surface area contributed by atoms with Crippen LogP contribution in [0.1, 0.15) is 48.2 Å². The van der Waals surface area contributed by atoms with E-state index in [1.807, 2.05) is 37.8 Å². The van der Waals surface area contributed by atoms with Crippen LogP contribution in [0.15, 0.2) is 29.3 Å². The molecule has 1 aliphatic rings. The molecule has 0 spiro atoms. The van der Waals surface area contributed by atoms with Gasteiger partial charge in [-0.1, -0.05) is 36.6 Å². The monoisotopic (exact) mass is 515 g/mol. The summed E-state index contributed by atoms with van der Waals surface area (Å²) in [5, 5.41) is 12.3. The van der Waals surface area contributed by atoms with Gasteiger partial charge < -0.3 is 10.6 Å². The van der Waals surface area contributed by atoms with E-state index in [4.69, 9.17) is 11.6 Å². The largest absolute Gasteiger partial charge is 0.356 e. The molecule has 0 unspecified atom stereocenters. The first-order valence-corrected chi connectivity index (χ1v) is 10.0. The van der Waals surface area contributed by atoms with Crippen LogP contribution < -0.4 is 10.6 Å². The molecular formula is C21H31ClIN5. The highest BCUT2D eigenvalue weighted by molar-refractivity contribution is 14.0. The third-order valence-corrected chi connectivity index (χ3v) is 6.18. The van der Waals surface area contributed by atoms with Gasteiger partial charge in [0.05, 0.1) is 5.69 Å². The average molecular weight is 516 g/mol. The number of aromatic nitrogens is 2. The summed E-state index contributed by atoms with van der Waals surface area (Å²) in [5.74, 6) is 0.831. The first kappa shape index (κ1) is 23.0. The lowest BCUT2D eigenvalue weighted by atomic mass is 9.79. The van der Waals surface area contributed by atoms with Crippen LogP contribution in [0.4, 0.5) is 0 Å². The van der Waals surface area contributed by atoms with Crippen molar-refractivity contribution < 1.29 is 0 Å². The molecule has 0 atom stereocenters. The van der Waals surface area contributed by atoms with Gasteiger partial charge in [-0.3, -0.25) is 9.67 Å². The summed E-state index contributed by atoms with van der Waals surface area (Å²) in [6.07, 6.45) is 4.92. The molecule has 5 nitrogen and oxygen atoms in total. The molecule has 0 saturated heterocycles. The van der Waals surface area contributed by atoms with Gasteiger partial charge in [-0.15, -0.1) is 24.0 Å². The Bertz CT molecular complexity index is 807. The van der Waals surface area contributed by atoms with Gasteiger partial charge in [0.15, 0.2) is 5.96 Å². The Hall–Kier alpha value is -1.28. The van der Waals surface area contributed by atoms with Crippen LogP contribution in [0.25, 0.3) is 0 Å². The fourth-order valence-electron chi connectivity index (χ4n) is 4.14. The number of nitrogens with one attached hydrogen (secondary N) is 2. The number of aryl methyl sites for hydroxylation is 2. The minimum Gasteiger partial charge on any atom is -0.356 e. The van der Waals surface area contributed by atoms with E-state index in [1.165, 1.54) is 42.5 Å². The lowest BCUT2D eigenvalue weighted by Gasteiger charge is -2.31. The standard InChI is InChI=1S/C21H30ClN5.HI/c1-15-19(16(2)27(4)26-15)13-24-20(23-3)25-14-21(11-5-6-12-21)17-7-9-18(22)10-8-17;/h7-10H,5-6,11-14H2,1-4H3,(H2,23,24,25);1H. The normalized spacial score (nSPS) is 16.0. The van der Waals surface area contributed by atoms with Crippen molar-refractivity contribution >= 4 is 41.5 Å². The second-order valence-electron chi connectivity index (χ2n) is 7.55. The first-order valence-electron chi connectivity index (χ1n) is 9.65. The molecule has 1 aromatic carbocycles. The van der Waals surface area contributed by atoms with Crippen LogP contribution in [-0.4, -0.2) is 29.3 Å². The van der Waals surface area contributed by atoms with Crippen molar-refractivity contribution in [3.63, 3.8) is 0 Å². The van der Waals surface area contributed by atoms with E-state index in [-0.39, 0.29) is 29.4 Å². The molecule has 0 radical (unpaired) electrons. The number of halogens is 2. The predicted octanol–water partition coefficient (Wildman–Crippen LogP) is 4.49. The van der Waals surface area contributed by atoms with E-state index in [1.54, 1.807) is 0 Å². The zero-order chi connectivity index (χ0) is 19.4. The van der Waals surface area contributed by atoms with Gasteiger partial charge in [-0.2, -0.15) is 5.10 Å². The molecule has 1 aromatic heterocycles. The van der Waals surface area contributed by atoms with E-state index < -0.39 is 0 Å². The van der Waals surface area contributed by atoms with Gasteiger partial charge >= 0.3 is 0 Å². The Morgan fingerprint density at radius 2 is 1.82 bits per heavy atom. The zero-order valence-corrected chi connectivity index (χ0v) is 20.3. The molecular weight excluding hydrogens is 485 g/mol. The summed E-state index contributed by atoms with van der Waals surface area (Å²) in [6, 6.07) is 8.34. The molecule has 0 amide bonds. The highest BCUT2D eigenvalue weighted by atomic mass is 127. The Morgan fingerprint density at radius 3 is 2.36 bits per heavy atom. The quantitative estimate of drug-likeness (QED) is 0.351. The zero-order valence-electron chi connectivity index (χ0n) is 17.2. The van der Waals surface area contributed by atoms with Gasteiger partial charge in [0.1, 0.15) is 0 Å². The minimum absolute atomic E-state index is 0. The van der Waals surface area contributed by atoms with Crippen LogP contribution in [0, 0.1) is 13.8 Å². The Balaban J connectivity index is 0.00000280. The fourth-order valence-corrected chi connectivity index (χ4v) is 4.27. The fraction of sp³-hybridized carbons (Fsp3) is 0.524. The number of nitrogens with zero attached hydrogens (tertiary/aromatic N) is 3. The molecule has 1 aliphatic carbocycles. The van der Waals surface area contributed by atoms with E-state index >= 15 is 0 Å². The molecule has 1 fully saturated rings. The molecule has 0 aliphatic heterocycles. The molecule has 154 valence electrons. The highest BCUT2D eigenvalue weighted by Gasteiger charge is 2.35. The number of hydrogen-bond acceptors (Lipinski definition) is 2. The molecule has 0 bridgehead atoms. The second-order valence-corrected chi connectivity index (χ2v) is 7.98. The van der Waals surface area contributed by atoms with Gasteiger partial charge in [-0.05, 0) is 44.4 Å². The van der Waals surface area contributed by atoms with E-state index in [0.717, 1.165) is 29.8 Å². The number of hydrogen-bond donors (Lipinski definition) is 2. The van der Waals surface area contributed by atoms with Gasteiger partial charge in [0, 0.05) is 48.9 Å². The smallest absolute Gasteiger partial charge is 0.191 e. The maximum Gasteiger partial charge on any atom is 0.191 e. The minimum atomic E-state index is 0. The highest BCUT2D eigenvalue weighted by Crippen LogP contribution is 2.40. The first-order chi connectivity index (χ1) is 12.9. The average Bonchev–Trinajstić information content (AvgIpc) is 3.23. The van der Waals surface area contributed by atoms with Gasteiger partial charge in [0.2, 0.25) is 0 Å². The topological polar surface area (TPSA) is 54.2 Å². The third kappa shape index (κ3) is 5.00. The molecule has 1 saturated carbocycles. The summed E-state index contributed by atoms with van der Waals surface area (Å²) in [6.45, 7) is 5.74. The van der Waals surface area contributed by atoms with Crippen LogP contribution in [0.3, 0.4) is 0 Å². The third-order valence-electron chi connectivity index (χ3n) is 5.93. The maximum atomic E-state index is 6.09. The summed E-state index contributed by atoms with van der Waals surface area (Å²) in [5.41, 5.74) is 5.00. The number of rotatable bonds is 5. The lowest BCUT2D eigenvalue weighted by Crippen LogP contribution is -2.44. The van der Waals surface area contributed by atoms with Crippen molar-refractivity contribution in [3.05, 3.63) is 51.8 Å². The Kier molecular flexibility index (Phi) is 8.18. The van der Waals surface area contributed by atoms with E-state index in [0.29, 0.717) is 0 Å². The molecule has 2 N–H and O–H groups in total. The number of aliphatic imine (C=N–C) groups is 1. The molecule has 7 heteroatoms. The summed E-state index contributed by atoms with van der Waals surface area (Å²) < 4.78 is 1.93. The van der Waals surface area contributed by atoms with Gasteiger partial charge in [0.25, 0.3) is 0 Å². The lowest BCUT2D eigenvalue weighted by molar-refractivity contribution is 0.431. The van der Waals surface area contributed by atoms with Crippen molar-refractivity contribution in [1.29, 1.82) is 0 Å². The van der Waals surface area contributed by atoms with Crippen molar-refractivity contribution in [2.24, 2.45) is 12.0 Å². The molecule has 28 heavy (non-hydrogen) atoms. The van der Waals surface area contributed by atoms with Crippen molar-refractivity contribution in [2.45, 2.75) is 51.5 Å². The van der Waals surface area contributed by atoms with Crippen LogP contribution >= 0.6 is 35.6 Å². The van der Waals surface area contributed by atoms with Crippen molar-refractivity contribution in [3.8, 4) is 0 Å². The number of benzene rings is 1. The molecule has 3 rings (SSSR count). The van der Waals surface area contributed by atoms with Crippen LogP contribution in [-0.2, 0) is 19.0 Å². The van der Waals surface area contributed by atoms with E-state index in [2.05, 4.69) is 39.8 Å². The SMILES string of the molecule is CN=C(NCc1c(C)nn(C)c1C)NCC1(c2ccc(Cl)cc2)CCCC1.I. The Morgan fingerprint density at radius 1 is 1.18 bits per heavy atom. The summed E-state index contributed by atoms with van der Waals surface area (Å²) in [7, 11) is 3.80. The second kappa shape index (κ2) is 9.96. The number of guanidine groups is 1. The Labute approximate surface area is 190 Å². The summed E-state index contributed by atoms with van der Waals surface area (Å²) >= 11 is 6.09. The van der Waals surface area contributed by atoms with E-state index in [9.17, 15) is 0 Å². The molecule has 2 aromatic rings. The van der Waals surface area contributed by atoms with Crippen molar-refractivity contribution in [1.82, 2.24) is 20.4 Å². The van der Waals surface area contributed by atoms with Gasteiger partial charge in [-0.25, -0.2) is 0 Å². The maximum absolute atomic E-state index is 6.09. The van der Waals surface area contributed by atoms with Crippen LogP contribution in [0.5, 0.6) is 0 Å². The van der Waals surface area contributed by atoms with Crippen LogP contribution in [0.2, 0.25) is 5.02 Å². The summed E-state index contributed by atoms with van der Waals surface area (Å²) in [4.78, 5) is 4.42. The van der Waals surface area contributed by atoms with Crippen molar-refractivity contribution in [2.75, 3.05) is 13.6 Å². The molecule has 1 heterocycles. The predicted molar refractivity (Wildman–Crippen MR) is 128 cm³/mol.